The number of rotatable bonds is 4. The number of hydrogen-bond acceptors (Lipinski definition) is 2. The number of nitrogens with one attached hydrogen (secondary N) is 2. The van der Waals surface area contributed by atoms with E-state index in [1.54, 1.807) is 0 Å². The molecular weight excluding hydrogens is 300 g/mol. The molecule has 3 atom stereocenters. The first-order valence-corrected chi connectivity index (χ1v) is 8.82. The molecule has 5 nitrogen and oxygen atoms in total. The molecule has 4 rings (SSSR count). The summed E-state index contributed by atoms with van der Waals surface area (Å²) >= 11 is 0. The van der Waals surface area contributed by atoms with Crippen LogP contribution in [-0.4, -0.2) is 22.4 Å². The monoisotopic (exact) mass is 324 g/mol. The topological polar surface area (TPSA) is 59.0 Å². The van der Waals surface area contributed by atoms with Gasteiger partial charge in [-0.15, -0.1) is 0 Å². The van der Waals surface area contributed by atoms with Crippen LogP contribution in [0.15, 0.2) is 36.5 Å². The van der Waals surface area contributed by atoms with E-state index in [9.17, 15) is 4.79 Å². The van der Waals surface area contributed by atoms with E-state index in [1.165, 1.54) is 23.2 Å². The Hall–Kier alpha value is -2.30. The highest BCUT2D eigenvalue weighted by Gasteiger charge is 2.38. The molecule has 0 aliphatic heterocycles. The Kier molecular flexibility index (Phi) is 4.00. The summed E-state index contributed by atoms with van der Waals surface area (Å²) in [5.41, 5.74) is 3.81. The summed E-state index contributed by atoms with van der Waals surface area (Å²) in [6.45, 7) is 0.748. The lowest BCUT2D eigenvalue weighted by atomic mass is 9.93. The van der Waals surface area contributed by atoms with Gasteiger partial charge in [0.25, 0.3) is 0 Å². The molecule has 5 heteroatoms. The average molecular weight is 324 g/mol. The first kappa shape index (κ1) is 15.2. The molecule has 1 aromatic carbocycles. The molecule has 0 bridgehead atoms. The molecule has 0 radical (unpaired) electrons. The summed E-state index contributed by atoms with van der Waals surface area (Å²) in [5, 5.41) is 10.5. The minimum atomic E-state index is -0.0598. The van der Waals surface area contributed by atoms with Gasteiger partial charge < -0.3 is 10.6 Å². The number of benzene rings is 1. The Morgan fingerprint density at radius 2 is 2.17 bits per heavy atom. The fourth-order valence-corrected chi connectivity index (χ4v) is 3.87. The molecule has 2 amide bonds. The Morgan fingerprint density at radius 1 is 1.33 bits per heavy atom. The predicted molar refractivity (Wildman–Crippen MR) is 92.7 cm³/mol. The summed E-state index contributed by atoms with van der Waals surface area (Å²) in [5.74, 6) is 1.17. The van der Waals surface area contributed by atoms with Crippen LogP contribution in [-0.2, 0) is 13.5 Å². The van der Waals surface area contributed by atoms with Crippen LogP contribution >= 0.6 is 0 Å². The van der Waals surface area contributed by atoms with Gasteiger partial charge in [0.05, 0.1) is 12.2 Å². The maximum Gasteiger partial charge on any atom is 0.315 e. The van der Waals surface area contributed by atoms with E-state index in [4.69, 9.17) is 0 Å². The van der Waals surface area contributed by atoms with Crippen molar-refractivity contribution in [3.63, 3.8) is 0 Å². The number of hydrogen-bond donors (Lipinski definition) is 2. The van der Waals surface area contributed by atoms with Crippen LogP contribution in [0.2, 0.25) is 0 Å². The van der Waals surface area contributed by atoms with Crippen LogP contribution < -0.4 is 10.6 Å². The predicted octanol–water partition coefficient (Wildman–Crippen LogP) is 2.90. The lowest BCUT2D eigenvalue weighted by molar-refractivity contribution is 0.235. The van der Waals surface area contributed by atoms with Crippen molar-refractivity contribution in [2.24, 2.45) is 13.0 Å². The van der Waals surface area contributed by atoms with Crippen molar-refractivity contribution in [3.05, 3.63) is 53.3 Å². The average Bonchev–Trinajstić information content (AvgIpc) is 3.30. The molecular formula is C19H24N4O. The zero-order valence-corrected chi connectivity index (χ0v) is 14.0. The standard InChI is InChI=1S/C19H24N4O/c1-23-18-9-5-8-17(16(18)12-21-23)22-19(24)20-11-14-10-15(14)13-6-3-2-4-7-13/h2-4,6-7,12,14-15,17H,5,8-11H2,1H3,(H2,20,22,24)/t14-,15-,17-/m0/s1. The number of nitrogens with zero attached hydrogens (tertiary/aromatic N) is 2. The van der Waals surface area contributed by atoms with Crippen LogP contribution in [0.25, 0.3) is 0 Å². The Balaban J connectivity index is 1.28. The number of urea groups is 1. The molecule has 1 fully saturated rings. The second kappa shape index (κ2) is 6.30. The normalized spacial score (nSPS) is 25.0. The lowest BCUT2D eigenvalue weighted by Gasteiger charge is -2.24. The lowest BCUT2D eigenvalue weighted by Crippen LogP contribution is -2.40. The molecule has 2 aliphatic carbocycles. The second-order valence-corrected chi connectivity index (χ2v) is 6.98. The van der Waals surface area contributed by atoms with Gasteiger partial charge in [-0.1, -0.05) is 30.3 Å². The van der Waals surface area contributed by atoms with E-state index in [0.717, 1.165) is 25.8 Å². The van der Waals surface area contributed by atoms with Crippen molar-refractivity contribution < 1.29 is 4.79 Å². The van der Waals surface area contributed by atoms with Crippen molar-refractivity contribution in [2.45, 2.75) is 37.6 Å². The Bertz CT molecular complexity index is 724. The maximum absolute atomic E-state index is 12.3. The van der Waals surface area contributed by atoms with Crippen molar-refractivity contribution in [2.75, 3.05) is 6.54 Å². The highest BCUT2D eigenvalue weighted by Crippen LogP contribution is 2.46. The molecule has 1 saturated carbocycles. The SMILES string of the molecule is Cn1ncc2c1CCC[C@@H]2NC(=O)NC[C@@H]1C[C@H]1c1ccccc1. The summed E-state index contributed by atoms with van der Waals surface area (Å²) in [6, 6.07) is 10.6. The van der Waals surface area contributed by atoms with E-state index in [0.29, 0.717) is 11.8 Å². The van der Waals surface area contributed by atoms with Gasteiger partial charge in [0.1, 0.15) is 0 Å². The zero-order chi connectivity index (χ0) is 16.5. The molecule has 0 saturated heterocycles. The van der Waals surface area contributed by atoms with Crippen molar-refractivity contribution in [1.82, 2.24) is 20.4 Å². The van der Waals surface area contributed by atoms with Gasteiger partial charge >= 0.3 is 6.03 Å². The van der Waals surface area contributed by atoms with Gasteiger partial charge in [0.15, 0.2) is 0 Å². The third kappa shape index (κ3) is 3.03. The second-order valence-electron chi connectivity index (χ2n) is 6.98. The first-order valence-electron chi connectivity index (χ1n) is 8.82. The fourth-order valence-electron chi connectivity index (χ4n) is 3.87. The van der Waals surface area contributed by atoms with Gasteiger partial charge in [-0.2, -0.15) is 5.10 Å². The summed E-state index contributed by atoms with van der Waals surface area (Å²) in [6.07, 6.45) is 6.19. The van der Waals surface area contributed by atoms with Crippen molar-refractivity contribution in [3.8, 4) is 0 Å². The van der Waals surface area contributed by atoms with Crippen LogP contribution in [0.1, 0.15) is 48.0 Å². The molecule has 0 spiro atoms. The van der Waals surface area contributed by atoms with Gasteiger partial charge in [-0.3, -0.25) is 4.68 Å². The number of amides is 2. The molecule has 1 heterocycles. The van der Waals surface area contributed by atoms with Crippen molar-refractivity contribution >= 4 is 6.03 Å². The van der Waals surface area contributed by atoms with Crippen molar-refractivity contribution in [1.29, 1.82) is 0 Å². The van der Waals surface area contributed by atoms with E-state index < -0.39 is 0 Å². The molecule has 2 aromatic rings. The van der Waals surface area contributed by atoms with Gasteiger partial charge in [0, 0.05) is 24.8 Å². The molecule has 24 heavy (non-hydrogen) atoms. The number of aryl methyl sites for hydroxylation is 1. The van der Waals surface area contributed by atoms with E-state index in [2.05, 4.69) is 40.0 Å². The Labute approximate surface area is 142 Å². The highest BCUT2D eigenvalue weighted by molar-refractivity contribution is 5.74. The Morgan fingerprint density at radius 3 is 3.00 bits per heavy atom. The largest absolute Gasteiger partial charge is 0.338 e. The maximum atomic E-state index is 12.3. The molecule has 0 unspecified atom stereocenters. The van der Waals surface area contributed by atoms with Gasteiger partial charge in [-0.25, -0.2) is 4.79 Å². The van der Waals surface area contributed by atoms with E-state index >= 15 is 0 Å². The zero-order valence-electron chi connectivity index (χ0n) is 14.0. The summed E-state index contributed by atoms with van der Waals surface area (Å²) in [7, 11) is 1.97. The smallest absolute Gasteiger partial charge is 0.315 e. The third-order valence-corrected chi connectivity index (χ3v) is 5.36. The van der Waals surface area contributed by atoms with E-state index in [-0.39, 0.29) is 12.1 Å². The number of carbonyl (C=O) groups is 1. The minimum absolute atomic E-state index is 0.0598. The van der Waals surface area contributed by atoms with E-state index in [1.807, 2.05) is 24.0 Å². The summed E-state index contributed by atoms with van der Waals surface area (Å²) in [4.78, 5) is 12.3. The number of aromatic nitrogens is 2. The number of carbonyl (C=O) groups excluding carboxylic acids is 1. The highest BCUT2D eigenvalue weighted by atomic mass is 16.2. The molecule has 2 aliphatic rings. The fraction of sp³-hybridized carbons (Fsp3) is 0.474. The first-order chi connectivity index (χ1) is 11.7. The third-order valence-electron chi connectivity index (χ3n) is 5.36. The molecule has 1 aromatic heterocycles. The van der Waals surface area contributed by atoms with Crippen LogP contribution in [0.5, 0.6) is 0 Å². The van der Waals surface area contributed by atoms with Gasteiger partial charge in [0.2, 0.25) is 0 Å². The number of fused-ring (bicyclic) bond motifs is 1. The molecule has 126 valence electrons. The van der Waals surface area contributed by atoms with Crippen LogP contribution in [0, 0.1) is 5.92 Å². The minimum Gasteiger partial charge on any atom is -0.338 e. The van der Waals surface area contributed by atoms with Gasteiger partial charge in [-0.05, 0) is 43.1 Å². The van der Waals surface area contributed by atoms with Crippen LogP contribution in [0.3, 0.4) is 0 Å². The summed E-state index contributed by atoms with van der Waals surface area (Å²) < 4.78 is 1.93. The molecule has 2 N–H and O–H groups in total. The van der Waals surface area contributed by atoms with Crippen LogP contribution in [0.4, 0.5) is 4.79 Å². The quantitative estimate of drug-likeness (QED) is 0.908.